The fraction of sp³-hybridized carbons (Fsp3) is 1.00. The van der Waals surface area contributed by atoms with Crippen molar-refractivity contribution in [2.24, 2.45) is 11.8 Å². The predicted molar refractivity (Wildman–Crippen MR) is 45.3 cm³/mol. The van der Waals surface area contributed by atoms with E-state index in [-0.39, 0.29) is 6.10 Å². The molecule has 0 radical (unpaired) electrons. The molecule has 11 heavy (non-hydrogen) atoms. The zero-order chi connectivity index (χ0) is 7.68. The van der Waals surface area contributed by atoms with Crippen LogP contribution in [-0.4, -0.2) is 11.2 Å². The highest BCUT2D eigenvalue weighted by Gasteiger charge is 2.30. The van der Waals surface area contributed by atoms with Gasteiger partial charge in [0, 0.05) is 0 Å². The van der Waals surface area contributed by atoms with Crippen LogP contribution in [0.5, 0.6) is 0 Å². The second-order valence-electron chi connectivity index (χ2n) is 4.27. The third-order valence-corrected chi connectivity index (χ3v) is 3.51. The molecule has 2 rings (SSSR count). The zero-order valence-corrected chi connectivity index (χ0v) is 7.13. The third-order valence-electron chi connectivity index (χ3n) is 3.51. The Morgan fingerprint density at radius 2 is 1.55 bits per heavy atom. The van der Waals surface area contributed by atoms with Gasteiger partial charge in [-0.3, -0.25) is 0 Å². The number of aliphatic hydroxyl groups is 1. The van der Waals surface area contributed by atoms with Gasteiger partial charge in [-0.15, -0.1) is 0 Å². The van der Waals surface area contributed by atoms with E-state index in [1.165, 1.54) is 32.1 Å². The van der Waals surface area contributed by atoms with Crippen LogP contribution in [0.15, 0.2) is 0 Å². The first kappa shape index (κ1) is 7.60. The fourth-order valence-corrected chi connectivity index (χ4v) is 2.85. The van der Waals surface area contributed by atoms with Crippen LogP contribution >= 0.6 is 0 Å². The summed E-state index contributed by atoms with van der Waals surface area (Å²) in [5.74, 6) is 1.86. The fourth-order valence-electron chi connectivity index (χ4n) is 2.85. The van der Waals surface area contributed by atoms with Gasteiger partial charge in [0.25, 0.3) is 0 Å². The summed E-state index contributed by atoms with van der Waals surface area (Å²) < 4.78 is 0. The van der Waals surface area contributed by atoms with Gasteiger partial charge in [-0.2, -0.15) is 0 Å². The number of aliphatic hydroxyl groups excluding tert-OH is 1. The zero-order valence-electron chi connectivity index (χ0n) is 7.13. The van der Waals surface area contributed by atoms with Crippen molar-refractivity contribution in [1.82, 2.24) is 0 Å². The third kappa shape index (κ3) is 1.58. The molecule has 2 aliphatic carbocycles. The molecule has 2 saturated carbocycles. The van der Waals surface area contributed by atoms with Crippen LogP contribution in [0, 0.1) is 11.8 Å². The molecule has 1 nitrogen and oxygen atoms in total. The highest BCUT2D eigenvalue weighted by atomic mass is 16.3. The van der Waals surface area contributed by atoms with Crippen LogP contribution in [0.3, 0.4) is 0 Å². The van der Waals surface area contributed by atoms with Crippen molar-refractivity contribution in [2.75, 3.05) is 0 Å². The lowest BCUT2D eigenvalue weighted by molar-refractivity contribution is 0.0491. The van der Waals surface area contributed by atoms with Crippen molar-refractivity contribution in [2.45, 2.75) is 51.0 Å². The molecule has 2 unspecified atom stereocenters. The van der Waals surface area contributed by atoms with Gasteiger partial charge in [-0.1, -0.05) is 25.7 Å². The normalized spacial score (nSPS) is 45.0. The lowest BCUT2D eigenvalue weighted by atomic mass is 9.70. The van der Waals surface area contributed by atoms with Gasteiger partial charge in [0.15, 0.2) is 0 Å². The smallest absolute Gasteiger partial charge is 0.0543 e. The Morgan fingerprint density at radius 1 is 0.818 bits per heavy atom. The molecule has 0 amide bonds. The minimum atomic E-state index is 0.0364. The van der Waals surface area contributed by atoms with E-state index in [9.17, 15) is 5.11 Å². The van der Waals surface area contributed by atoms with Crippen LogP contribution in [-0.2, 0) is 0 Å². The van der Waals surface area contributed by atoms with E-state index in [2.05, 4.69) is 0 Å². The maximum atomic E-state index is 9.45. The Balaban J connectivity index is 1.93. The summed E-state index contributed by atoms with van der Waals surface area (Å²) in [5.41, 5.74) is 0. The summed E-state index contributed by atoms with van der Waals surface area (Å²) in [6.07, 6.45) is 9.19. The minimum Gasteiger partial charge on any atom is -0.393 e. The number of hydrogen-bond donors (Lipinski definition) is 1. The predicted octanol–water partition coefficient (Wildman–Crippen LogP) is 2.34. The van der Waals surface area contributed by atoms with Gasteiger partial charge in [0.05, 0.1) is 6.10 Å². The summed E-state index contributed by atoms with van der Waals surface area (Å²) in [7, 11) is 0. The summed E-state index contributed by atoms with van der Waals surface area (Å²) in [6.45, 7) is 0. The maximum Gasteiger partial charge on any atom is 0.0543 e. The van der Waals surface area contributed by atoms with Crippen LogP contribution in [0.25, 0.3) is 0 Å². The van der Waals surface area contributed by atoms with Crippen LogP contribution in [0.4, 0.5) is 0 Å². The first-order valence-corrected chi connectivity index (χ1v) is 5.04. The van der Waals surface area contributed by atoms with Crippen molar-refractivity contribution in [3.63, 3.8) is 0 Å². The molecule has 1 N–H and O–H groups in total. The molecule has 0 aromatic rings. The van der Waals surface area contributed by atoms with E-state index in [4.69, 9.17) is 0 Å². The molecule has 0 aliphatic heterocycles. The van der Waals surface area contributed by atoms with E-state index in [0.717, 1.165) is 24.7 Å². The van der Waals surface area contributed by atoms with E-state index in [0.29, 0.717) is 0 Å². The molecule has 0 heterocycles. The van der Waals surface area contributed by atoms with Crippen molar-refractivity contribution >= 4 is 0 Å². The van der Waals surface area contributed by atoms with Gasteiger partial charge >= 0.3 is 0 Å². The largest absolute Gasteiger partial charge is 0.393 e. The average molecular weight is 154 g/mol. The molecule has 2 fully saturated rings. The standard InChI is InChI=1S/C10H18O/c11-10-6-5-8-3-1-2-4-9(8)7-10/h8-11H,1-7H2/t8?,9?,10-/m0/s1. The highest BCUT2D eigenvalue weighted by molar-refractivity contribution is 4.82. The summed E-state index contributed by atoms with van der Waals surface area (Å²) in [6, 6.07) is 0. The first-order chi connectivity index (χ1) is 5.36. The topological polar surface area (TPSA) is 20.2 Å². The van der Waals surface area contributed by atoms with Crippen molar-refractivity contribution in [3.05, 3.63) is 0 Å². The van der Waals surface area contributed by atoms with Crippen molar-refractivity contribution < 1.29 is 5.11 Å². The van der Waals surface area contributed by atoms with Crippen LogP contribution < -0.4 is 0 Å². The van der Waals surface area contributed by atoms with Gasteiger partial charge < -0.3 is 5.11 Å². The maximum absolute atomic E-state index is 9.45. The molecule has 0 saturated heterocycles. The Hall–Kier alpha value is -0.0400. The molecule has 0 aromatic carbocycles. The lowest BCUT2D eigenvalue weighted by Crippen LogP contribution is -2.29. The summed E-state index contributed by atoms with van der Waals surface area (Å²) in [4.78, 5) is 0. The molecular weight excluding hydrogens is 136 g/mol. The summed E-state index contributed by atoms with van der Waals surface area (Å²) >= 11 is 0. The van der Waals surface area contributed by atoms with Gasteiger partial charge in [-0.05, 0) is 31.1 Å². The van der Waals surface area contributed by atoms with Crippen molar-refractivity contribution in [1.29, 1.82) is 0 Å². The van der Waals surface area contributed by atoms with Crippen LogP contribution in [0.1, 0.15) is 44.9 Å². The molecule has 1 heteroatoms. The Bertz CT molecular complexity index is 133. The van der Waals surface area contributed by atoms with Gasteiger partial charge in [0.1, 0.15) is 0 Å². The van der Waals surface area contributed by atoms with E-state index < -0.39 is 0 Å². The molecule has 0 bridgehead atoms. The monoisotopic (exact) mass is 154 g/mol. The van der Waals surface area contributed by atoms with Crippen molar-refractivity contribution in [3.8, 4) is 0 Å². The molecular formula is C10H18O. The Kier molecular flexibility index (Phi) is 2.17. The average Bonchev–Trinajstić information content (AvgIpc) is 2.04. The molecule has 0 spiro atoms. The lowest BCUT2D eigenvalue weighted by Gasteiger charge is -2.37. The number of hydrogen-bond acceptors (Lipinski definition) is 1. The van der Waals surface area contributed by atoms with E-state index in [1.807, 2.05) is 0 Å². The Labute approximate surface area is 68.8 Å². The highest BCUT2D eigenvalue weighted by Crippen LogP contribution is 2.40. The van der Waals surface area contributed by atoms with E-state index >= 15 is 0 Å². The molecule has 0 aromatic heterocycles. The number of rotatable bonds is 0. The molecule has 2 aliphatic rings. The SMILES string of the molecule is O[C@H]1CCC2CCCCC2C1. The molecule has 3 atom stereocenters. The second kappa shape index (κ2) is 3.14. The minimum absolute atomic E-state index is 0.0364. The number of fused-ring (bicyclic) bond motifs is 1. The van der Waals surface area contributed by atoms with E-state index in [1.54, 1.807) is 0 Å². The van der Waals surface area contributed by atoms with Gasteiger partial charge in [-0.25, -0.2) is 0 Å². The quantitative estimate of drug-likeness (QED) is 0.568. The first-order valence-electron chi connectivity index (χ1n) is 5.04. The van der Waals surface area contributed by atoms with Gasteiger partial charge in [0.2, 0.25) is 0 Å². The summed E-state index contributed by atoms with van der Waals surface area (Å²) in [5, 5.41) is 9.45. The Morgan fingerprint density at radius 3 is 2.36 bits per heavy atom. The van der Waals surface area contributed by atoms with Crippen LogP contribution in [0.2, 0.25) is 0 Å². The second-order valence-corrected chi connectivity index (χ2v) is 4.27. The molecule has 64 valence electrons.